The predicted molar refractivity (Wildman–Crippen MR) is 71.7 cm³/mol. The molecule has 0 aliphatic heterocycles. The third kappa shape index (κ3) is 3.37. The van der Waals surface area contributed by atoms with Gasteiger partial charge in [-0.15, -0.1) is 0 Å². The molecule has 1 fully saturated rings. The number of hydrogen-bond donors (Lipinski definition) is 2. The van der Waals surface area contributed by atoms with Crippen LogP contribution in [0.15, 0.2) is 4.90 Å². The highest BCUT2D eigenvalue weighted by Crippen LogP contribution is 2.42. The van der Waals surface area contributed by atoms with Crippen molar-refractivity contribution in [1.82, 2.24) is 10.2 Å². The maximum absolute atomic E-state index is 11.9. The van der Waals surface area contributed by atoms with E-state index < -0.39 is 16.0 Å². The SMILES string of the molecule is CC(C)CCOC(=O)c1n[nH]c(C2CC2)c1S(N)(=O)=O. The number of sulfonamides is 1. The number of ether oxygens (including phenoxy) is 1. The highest BCUT2D eigenvalue weighted by atomic mass is 32.2. The first-order chi connectivity index (χ1) is 9.30. The summed E-state index contributed by atoms with van der Waals surface area (Å²) in [7, 11) is -4.01. The number of hydrogen-bond acceptors (Lipinski definition) is 5. The van der Waals surface area contributed by atoms with E-state index in [2.05, 4.69) is 10.2 Å². The average Bonchev–Trinajstić information content (AvgIpc) is 3.05. The molecule has 1 aromatic heterocycles. The molecule has 0 spiro atoms. The van der Waals surface area contributed by atoms with Gasteiger partial charge in [-0.3, -0.25) is 5.10 Å². The highest BCUT2D eigenvalue weighted by molar-refractivity contribution is 7.89. The van der Waals surface area contributed by atoms with Gasteiger partial charge in [-0.25, -0.2) is 18.4 Å². The van der Waals surface area contributed by atoms with Crippen molar-refractivity contribution in [3.8, 4) is 0 Å². The lowest BCUT2D eigenvalue weighted by Crippen LogP contribution is -2.19. The molecule has 1 aliphatic carbocycles. The molecule has 20 heavy (non-hydrogen) atoms. The van der Waals surface area contributed by atoms with Gasteiger partial charge < -0.3 is 4.74 Å². The Morgan fingerprint density at radius 2 is 2.15 bits per heavy atom. The molecule has 1 aromatic rings. The second-order valence-electron chi connectivity index (χ2n) is 5.45. The van der Waals surface area contributed by atoms with E-state index >= 15 is 0 Å². The van der Waals surface area contributed by atoms with Gasteiger partial charge in [0.25, 0.3) is 0 Å². The highest BCUT2D eigenvalue weighted by Gasteiger charge is 2.36. The van der Waals surface area contributed by atoms with Crippen LogP contribution < -0.4 is 5.14 Å². The average molecular weight is 301 g/mol. The van der Waals surface area contributed by atoms with Crippen molar-refractivity contribution >= 4 is 16.0 Å². The summed E-state index contributed by atoms with van der Waals surface area (Å²) >= 11 is 0. The van der Waals surface area contributed by atoms with Crippen molar-refractivity contribution in [2.45, 2.75) is 43.9 Å². The van der Waals surface area contributed by atoms with E-state index in [-0.39, 0.29) is 23.1 Å². The molecular weight excluding hydrogens is 282 g/mol. The van der Waals surface area contributed by atoms with Gasteiger partial charge in [0.2, 0.25) is 10.0 Å². The number of nitrogens with two attached hydrogens (primary N) is 1. The maximum Gasteiger partial charge on any atom is 0.360 e. The van der Waals surface area contributed by atoms with Crippen molar-refractivity contribution in [2.75, 3.05) is 6.61 Å². The van der Waals surface area contributed by atoms with Crippen LogP contribution in [0.1, 0.15) is 55.2 Å². The summed E-state index contributed by atoms with van der Waals surface area (Å²) < 4.78 is 28.4. The van der Waals surface area contributed by atoms with Gasteiger partial charge in [0.05, 0.1) is 12.3 Å². The van der Waals surface area contributed by atoms with Crippen molar-refractivity contribution in [2.24, 2.45) is 11.1 Å². The Balaban J connectivity index is 2.21. The number of carbonyl (C=O) groups is 1. The van der Waals surface area contributed by atoms with Crippen LogP contribution in [0.4, 0.5) is 0 Å². The zero-order valence-corrected chi connectivity index (χ0v) is 12.4. The molecule has 0 radical (unpaired) electrons. The third-order valence-corrected chi connectivity index (χ3v) is 4.12. The van der Waals surface area contributed by atoms with Gasteiger partial charge in [-0.1, -0.05) is 13.8 Å². The predicted octanol–water partition coefficient (Wildman–Crippen LogP) is 1.14. The Morgan fingerprint density at radius 1 is 1.50 bits per heavy atom. The Kier molecular flexibility index (Phi) is 4.14. The van der Waals surface area contributed by atoms with E-state index in [1.165, 1.54) is 0 Å². The molecule has 0 aromatic carbocycles. The maximum atomic E-state index is 11.9. The minimum Gasteiger partial charge on any atom is -0.461 e. The van der Waals surface area contributed by atoms with Crippen LogP contribution >= 0.6 is 0 Å². The fourth-order valence-electron chi connectivity index (χ4n) is 1.88. The standard InChI is InChI=1S/C12H19N3O4S/c1-7(2)5-6-19-12(16)10-11(20(13,17)18)9(14-15-10)8-3-4-8/h7-8H,3-6H2,1-2H3,(H,14,15)(H2,13,17,18). The first kappa shape index (κ1) is 15.0. The van der Waals surface area contributed by atoms with Crippen molar-refractivity contribution in [3.63, 3.8) is 0 Å². The zero-order valence-electron chi connectivity index (χ0n) is 11.5. The molecule has 112 valence electrons. The Labute approximate surface area is 117 Å². The summed E-state index contributed by atoms with van der Waals surface area (Å²) in [5, 5.41) is 11.6. The Hall–Kier alpha value is -1.41. The lowest BCUT2D eigenvalue weighted by atomic mass is 10.1. The van der Waals surface area contributed by atoms with E-state index in [9.17, 15) is 13.2 Å². The molecule has 0 bridgehead atoms. The summed E-state index contributed by atoms with van der Waals surface area (Å²) in [5.41, 5.74) is 0.182. The van der Waals surface area contributed by atoms with E-state index in [1.807, 2.05) is 13.8 Å². The van der Waals surface area contributed by atoms with E-state index in [4.69, 9.17) is 9.88 Å². The smallest absolute Gasteiger partial charge is 0.360 e. The number of esters is 1. The van der Waals surface area contributed by atoms with Crippen LogP contribution in [0, 0.1) is 5.92 Å². The molecule has 0 unspecified atom stereocenters. The van der Waals surface area contributed by atoms with E-state index in [0.717, 1.165) is 12.8 Å². The second-order valence-corrected chi connectivity index (χ2v) is 6.95. The first-order valence-corrected chi connectivity index (χ1v) is 8.13. The van der Waals surface area contributed by atoms with Crippen LogP contribution in [0.25, 0.3) is 0 Å². The van der Waals surface area contributed by atoms with Gasteiger partial charge in [0.1, 0.15) is 4.90 Å². The van der Waals surface area contributed by atoms with Gasteiger partial charge in [-0.2, -0.15) is 5.10 Å². The second kappa shape index (κ2) is 5.53. The quantitative estimate of drug-likeness (QED) is 0.764. The Bertz CT molecular complexity index is 602. The van der Waals surface area contributed by atoms with Crippen molar-refractivity contribution in [3.05, 3.63) is 11.4 Å². The molecule has 8 heteroatoms. The van der Waals surface area contributed by atoms with E-state index in [1.54, 1.807) is 0 Å². The van der Waals surface area contributed by atoms with Crippen molar-refractivity contribution in [1.29, 1.82) is 0 Å². The number of nitrogens with zero attached hydrogens (tertiary/aromatic N) is 1. The molecule has 3 N–H and O–H groups in total. The minimum atomic E-state index is -4.01. The lowest BCUT2D eigenvalue weighted by molar-refractivity contribution is 0.0476. The molecular formula is C12H19N3O4S. The molecule has 1 aliphatic rings. The van der Waals surface area contributed by atoms with Crippen molar-refractivity contribution < 1.29 is 17.9 Å². The molecule has 2 rings (SSSR count). The van der Waals surface area contributed by atoms with Crippen LogP contribution in [-0.4, -0.2) is 31.2 Å². The van der Waals surface area contributed by atoms with E-state index in [0.29, 0.717) is 18.0 Å². The normalized spacial score (nSPS) is 15.6. The van der Waals surface area contributed by atoms with Gasteiger partial charge in [-0.05, 0) is 25.2 Å². The molecule has 0 saturated heterocycles. The largest absolute Gasteiger partial charge is 0.461 e. The number of aromatic amines is 1. The lowest BCUT2D eigenvalue weighted by Gasteiger charge is -2.06. The summed E-state index contributed by atoms with van der Waals surface area (Å²) in [6.07, 6.45) is 2.44. The first-order valence-electron chi connectivity index (χ1n) is 6.59. The fraction of sp³-hybridized carbons (Fsp3) is 0.667. The minimum absolute atomic E-state index is 0.0908. The molecule has 0 amide bonds. The molecule has 7 nitrogen and oxygen atoms in total. The van der Waals surface area contributed by atoms with Gasteiger partial charge in [0.15, 0.2) is 5.69 Å². The Morgan fingerprint density at radius 3 is 2.65 bits per heavy atom. The monoisotopic (exact) mass is 301 g/mol. The number of primary sulfonamides is 1. The number of carbonyl (C=O) groups excluding carboxylic acids is 1. The summed E-state index contributed by atoms with van der Waals surface area (Å²) in [4.78, 5) is 11.7. The van der Waals surface area contributed by atoms with Gasteiger partial charge >= 0.3 is 5.97 Å². The molecule has 0 atom stereocenters. The summed E-state index contributed by atoms with van der Waals surface area (Å²) in [5.74, 6) is -0.271. The molecule has 1 heterocycles. The van der Waals surface area contributed by atoms with Crippen LogP contribution in [0.2, 0.25) is 0 Å². The summed E-state index contributed by atoms with van der Waals surface area (Å²) in [6.45, 7) is 4.24. The van der Waals surface area contributed by atoms with Crippen LogP contribution in [-0.2, 0) is 14.8 Å². The number of nitrogens with one attached hydrogen (secondary N) is 1. The van der Waals surface area contributed by atoms with Crippen LogP contribution in [0.5, 0.6) is 0 Å². The number of aromatic nitrogens is 2. The number of rotatable bonds is 6. The third-order valence-electron chi connectivity index (χ3n) is 3.14. The van der Waals surface area contributed by atoms with Gasteiger partial charge in [0, 0.05) is 5.92 Å². The summed E-state index contributed by atoms with van der Waals surface area (Å²) in [6, 6.07) is 0. The number of H-pyrrole nitrogens is 1. The van der Waals surface area contributed by atoms with Crippen LogP contribution in [0.3, 0.4) is 0 Å². The fourth-order valence-corrected chi connectivity index (χ4v) is 2.79. The molecule has 1 saturated carbocycles. The zero-order chi connectivity index (χ0) is 14.9. The topological polar surface area (TPSA) is 115 Å².